The van der Waals surface area contributed by atoms with Crippen LogP contribution in [-0.4, -0.2) is 9.38 Å². The maximum Gasteiger partial charge on any atom is 0.194 e. The van der Waals surface area contributed by atoms with Gasteiger partial charge in [-0.2, -0.15) is 0 Å². The number of imidazole rings is 1. The van der Waals surface area contributed by atoms with E-state index in [2.05, 4.69) is 80.2 Å². The molecule has 2 aliphatic heterocycles. The van der Waals surface area contributed by atoms with Crippen molar-refractivity contribution in [2.75, 3.05) is 4.90 Å². The van der Waals surface area contributed by atoms with Crippen molar-refractivity contribution in [3.05, 3.63) is 52.3 Å². The molecule has 130 valence electrons. The number of aryl methyl sites for hydroxylation is 1. The van der Waals surface area contributed by atoms with Gasteiger partial charge in [0.05, 0.1) is 17.8 Å². The quantitative estimate of drug-likeness (QED) is 0.551. The molecule has 3 aromatic rings. The van der Waals surface area contributed by atoms with Gasteiger partial charge in [-0.1, -0.05) is 57.2 Å². The topological polar surface area (TPSA) is 20.5 Å². The van der Waals surface area contributed by atoms with Crippen molar-refractivity contribution in [3.8, 4) is 0 Å². The Morgan fingerprint density at radius 3 is 2.64 bits per heavy atom. The summed E-state index contributed by atoms with van der Waals surface area (Å²) in [6.45, 7) is 15.4. The zero-order valence-electron chi connectivity index (χ0n) is 15.8. The maximum absolute atomic E-state index is 4.56. The Morgan fingerprint density at radius 2 is 1.88 bits per heavy atom. The largest absolute Gasteiger partial charge is 0.354 e. The van der Waals surface area contributed by atoms with Gasteiger partial charge in [0.1, 0.15) is 0 Å². The van der Waals surface area contributed by atoms with Gasteiger partial charge in [0, 0.05) is 28.4 Å². The number of para-hydroxylation sites is 1. The molecule has 1 atom stereocenters. The highest BCUT2D eigenvalue weighted by Crippen LogP contribution is 2.65. The van der Waals surface area contributed by atoms with Crippen LogP contribution in [0.2, 0.25) is 0 Å². The second-order valence-electron chi connectivity index (χ2n) is 8.83. The zero-order chi connectivity index (χ0) is 17.8. The van der Waals surface area contributed by atoms with Crippen LogP contribution in [0.3, 0.4) is 0 Å². The minimum absolute atomic E-state index is 0.0598. The fraction of sp³-hybridized carbons (Fsp3) is 0.476. The molecular weight excluding hydrogens is 326 g/mol. The van der Waals surface area contributed by atoms with Crippen molar-refractivity contribution in [2.45, 2.75) is 59.0 Å². The molecule has 0 spiro atoms. The molecule has 25 heavy (non-hydrogen) atoms. The highest BCUT2D eigenvalue weighted by atomic mass is 32.1. The predicted molar refractivity (Wildman–Crippen MR) is 105 cm³/mol. The van der Waals surface area contributed by atoms with E-state index in [1.54, 1.807) is 0 Å². The van der Waals surface area contributed by atoms with E-state index in [9.17, 15) is 0 Å². The molecule has 5 rings (SSSR count). The summed E-state index contributed by atoms with van der Waals surface area (Å²) in [5, 5.41) is 0. The first-order valence-electron chi connectivity index (χ1n) is 9.04. The Hall–Kier alpha value is -1.81. The van der Waals surface area contributed by atoms with Crippen LogP contribution >= 0.6 is 11.3 Å². The Balaban J connectivity index is 1.91. The van der Waals surface area contributed by atoms with Crippen LogP contribution in [0.4, 0.5) is 5.69 Å². The summed E-state index contributed by atoms with van der Waals surface area (Å²) >= 11 is 1.85. The molecule has 2 aliphatic rings. The third-order valence-electron chi connectivity index (χ3n) is 7.59. The van der Waals surface area contributed by atoms with E-state index in [-0.39, 0.29) is 16.4 Å². The van der Waals surface area contributed by atoms with Crippen LogP contribution in [0.25, 0.3) is 4.96 Å². The van der Waals surface area contributed by atoms with Gasteiger partial charge in [-0.05, 0) is 30.4 Å². The molecule has 3 nitrogen and oxygen atoms in total. The van der Waals surface area contributed by atoms with Crippen LogP contribution in [0.1, 0.15) is 56.3 Å². The lowest BCUT2D eigenvalue weighted by molar-refractivity contribution is 0.0651. The first-order valence-corrected chi connectivity index (χ1v) is 9.86. The second-order valence-corrected chi connectivity index (χ2v) is 9.90. The van der Waals surface area contributed by atoms with Gasteiger partial charge < -0.3 is 4.90 Å². The molecule has 1 unspecified atom stereocenters. The third kappa shape index (κ3) is 1.48. The number of rotatable bonds is 0. The third-order valence-corrected chi connectivity index (χ3v) is 8.64. The molecule has 0 saturated carbocycles. The SMILES string of the molecule is Cc1cccc2c1N1Cc3sc4nccn4c3C1(C)C(C)(C)C2(C)C. The summed E-state index contributed by atoms with van der Waals surface area (Å²) in [5.74, 6) is 0. The number of hydrogen-bond acceptors (Lipinski definition) is 3. The normalized spacial score (nSPS) is 25.8. The van der Waals surface area contributed by atoms with E-state index in [1.165, 1.54) is 27.4 Å². The van der Waals surface area contributed by atoms with E-state index < -0.39 is 0 Å². The van der Waals surface area contributed by atoms with Gasteiger partial charge in [0.15, 0.2) is 4.96 Å². The average molecular weight is 352 g/mol. The summed E-state index contributed by atoms with van der Waals surface area (Å²) in [4.78, 5) is 9.81. The molecular formula is C21H25N3S. The standard InChI is InChI=1S/C21H25N3S/c1-13-8-7-9-14-16(13)24-12-15-17(23-11-10-22-18(23)25-15)21(24,6)20(4,5)19(14,2)3/h7-11H,12H2,1-6H3. The lowest BCUT2D eigenvalue weighted by Crippen LogP contribution is -2.62. The fourth-order valence-corrected chi connectivity index (χ4v) is 6.45. The van der Waals surface area contributed by atoms with E-state index in [4.69, 9.17) is 0 Å². The first kappa shape index (κ1) is 15.4. The number of anilines is 1. The molecule has 0 N–H and O–H groups in total. The molecule has 0 fully saturated rings. The van der Waals surface area contributed by atoms with Gasteiger partial charge in [-0.15, -0.1) is 0 Å². The average Bonchev–Trinajstić information content (AvgIpc) is 3.17. The number of hydrogen-bond donors (Lipinski definition) is 0. The lowest BCUT2D eigenvalue weighted by Gasteiger charge is -2.61. The van der Waals surface area contributed by atoms with Gasteiger partial charge in [0.2, 0.25) is 0 Å². The van der Waals surface area contributed by atoms with Crippen molar-refractivity contribution >= 4 is 22.0 Å². The minimum Gasteiger partial charge on any atom is -0.354 e. The van der Waals surface area contributed by atoms with E-state index in [0.29, 0.717) is 0 Å². The molecule has 0 saturated heterocycles. The van der Waals surface area contributed by atoms with Crippen LogP contribution in [0, 0.1) is 12.3 Å². The van der Waals surface area contributed by atoms with Crippen LogP contribution in [0.15, 0.2) is 30.6 Å². The molecule has 0 bridgehead atoms. The van der Waals surface area contributed by atoms with Gasteiger partial charge >= 0.3 is 0 Å². The fourth-order valence-electron chi connectivity index (χ4n) is 5.27. The van der Waals surface area contributed by atoms with Crippen molar-refractivity contribution in [2.24, 2.45) is 5.41 Å². The Morgan fingerprint density at radius 1 is 1.12 bits per heavy atom. The van der Waals surface area contributed by atoms with Crippen LogP contribution < -0.4 is 4.90 Å². The Labute approximate surface area is 153 Å². The molecule has 0 amide bonds. The molecule has 1 aromatic carbocycles. The molecule has 0 aliphatic carbocycles. The van der Waals surface area contributed by atoms with E-state index in [1.807, 2.05) is 17.5 Å². The monoisotopic (exact) mass is 351 g/mol. The van der Waals surface area contributed by atoms with Gasteiger partial charge in [0.25, 0.3) is 0 Å². The number of thiazole rings is 1. The Bertz CT molecular complexity index is 1020. The molecule has 0 radical (unpaired) electrons. The summed E-state index contributed by atoms with van der Waals surface area (Å²) in [6, 6.07) is 6.81. The molecule has 4 heterocycles. The maximum atomic E-state index is 4.56. The minimum atomic E-state index is -0.0656. The number of fused-ring (bicyclic) bond motifs is 7. The van der Waals surface area contributed by atoms with E-state index >= 15 is 0 Å². The number of aromatic nitrogens is 2. The summed E-state index contributed by atoms with van der Waals surface area (Å²) in [7, 11) is 0. The second kappa shape index (κ2) is 4.29. The number of nitrogens with zero attached hydrogens (tertiary/aromatic N) is 3. The molecule has 2 aromatic heterocycles. The van der Waals surface area contributed by atoms with Gasteiger partial charge in [-0.25, -0.2) is 4.98 Å². The summed E-state index contributed by atoms with van der Waals surface area (Å²) < 4.78 is 2.33. The highest BCUT2D eigenvalue weighted by molar-refractivity contribution is 7.17. The summed E-state index contributed by atoms with van der Waals surface area (Å²) in [6.07, 6.45) is 4.06. The summed E-state index contributed by atoms with van der Waals surface area (Å²) in [5.41, 5.74) is 5.80. The Kier molecular flexibility index (Phi) is 2.65. The highest BCUT2D eigenvalue weighted by Gasteiger charge is 2.63. The van der Waals surface area contributed by atoms with Crippen molar-refractivity contribution in [3.63, 3.8) is 0 Å². The van der Waals surface area contributed by atoms with E-state index in [0.717, 1.165) is 11.5 Å². The van der Waals surface area contributed by atoms with Crippen molar-refractivity contribution < 1.29 is 0 Å². The number of benzene rings is 1. The molecule has 4 heteroatoms. The lowest BCUT2D eigenvalue weighted by atomic mass is 9.52. The van der Waals surface area contributed by atoms with Crippen molar-refractivity contribution in [1.82, 2.24) is 9.38 Å². The van der Waals surface area contributed by atoms with Crippen LogP contribution in [0.5, 0.6) is 0 Å². The van der Waals surface area contributed by atoms with Crippen LogP contribution in [-0.2, 0) is 17.5 Å². The predicted octanol–water partition coefficient (Wildman–Crippen LogP) is 5.26. The zero-order valence-corrected chi connectivity index (χ0v) is 16.7. The van der Waals surface area contributed by atoms with Gasteiger partial charge in [-0.3, -0.25) is 4.40 Å². The first-order chi connectivity index (χ1) is 11.7. The smallest absolute Gasteiger partial charge is 0.194 e. The van der Waals surface area contributed by atoms with Crippen molar-refractivity contribution in [1.29, 1.82) is 0 Å².